The molecule has 9 N–H and O–H groups in total. The molecular weight excluding hydrogens is 488 g/mol. The third kappa shape index (κ3) is 10.6. The summed E-state index contributed by atoms with van der Waals surface area (Å²) in [5.41, 5.74) is 26.9. The summed E-state index contributed by atoms with van der Waals surface area (Å²) in [5.74, 6) is 0. The molecule has 0 radical (unpaired) electrons. The van der Waals surface area contributed by atoms with E-state index in [1.807, 2.05) is 12.9 Å². The van der Waals surface area contributed by atoms with Gasteiger partial charge in [0.1, 0.15) is 6.79 Å². The Bertz CT molecular complexity index is 903. The van der Waals surface area contributed by atoms with Crippen molar-refractivity contribution in [3.63, 3.8) is 0 Å². The molecule has 216 valence electrons. The number of nitrogens with two attached hydrogens (primary N) is 4. The fourth-order valence-corrected chi connectivity index (χ4v) is 4.51. The first kappa shape index (κ1) is 35.3. The smallest absolute Gasteiger partial charge is 0.264 e. The van der Waals surface area contributed by atoms with Crippen molar-refractivity contribution in [1.82, 2.24) is 10.2 Å². The number of benzene rings is 1. The number of alkyl halides is 2. The van der Waals surface area contributed by atoms with E-state index >= 15 is 0 Å². The molecule has 10 heteroatoms. The number of aryl methyl sites for hydroxylation is 1. The minimum Gasteiger partial charge on any atom is -0.404 e. The molecule has 0 aromatic heterocycles. The zero-order chi connectivity index (χ0) is 29.1. The van der Waals surface area contributed by atoms with Crippen molar-refractivity contribution < 1.29 is 13.6 Å². The number of allylic oxidation sites excluding steroid dienone is 1. The van der Waals surface area contributed by atoms with Crippen LogP contribution in [0.2, 0.25) is 0 Å². The van der Waals surface area contributed by atoms with Crippen LogP contribution in [-0.4, -0.2) is 71.3 Å². The SMILES string of the molecule is C=O.CCC(CCN)NC1=C(c2cc(C(F)F)c(/C(C=NC)=C/N)cc2CCCCN)CN(C)CC1.CN. The highest BCUT2D eigenvalue weighted by Gasteiger charge is 2.25. The van der Waals surface area contributed by atoms with Crippen molar-refractivity contribution in [3.8, 4) is 0 Å². The average Bonchev–Trinajstić information content (AvgIpc) is 2.94. The third-order valence-electron chi connectivity index (χ3n) is 6.42. The Hall–Kier alpha value is -2.66. The number of unbranched alkanes of at least 4 members (excludes halogenated alkanes) is 1. The molecule has 0 spiro atoms. The van der Waals surface area contributed by atoms with Crippen LogP contribution in [0.5, 0.6) is 0 Å². The Balaban J connectivity index is 0.00000326. The number of hydrogen-bond donors (Lipinski definition) is 5. The summed E-state index contributed by atoms with van der Waals surface area (Å²) in [6.07, 6.45) is 5.43. The summed E-state index contributed by atoms with van der Waals surface area (Å²) < 4.78 is 28.6. The van der Waals surface area contributed by atoms with Crippen LogP contribution in [-0.2, 0) is 11.2 Å². The highest BCUT2D eigenvalue weighted by atomic mass is 19.3. The maximum Gasteiger partial charge on any atom is 0.264 e. The molecule has 0 saturated carbocycles. The molecule has 0 aliphatic carbocycles. The van der Waals surface area contributed by atoms with Crippen molar-refractivity contribution in [1.29, 1.82) is 0 Å². The van der Waals surface area contributed by atoms with Crippen LogP contribution in [0.25, 0.3) is 11.1 Å². The van der Waals surface area contributed by atoms with E-state index in [2.05, 4.69) is 34.9 Å². The van der Waals surface area contributed by atoms with Crippen LogP contribution in [0.1, 0.15) is 67.7 Å². The van der Waals surface area contributed by atoms with Crippen molar-refractivity contribution in [3.05, 3.63) is 46.3 Å². The second-order valence-corrected chi connectivity index (χ2v) is 8.92. The van der Waals surface area contributed by atoms with E-state index in [1.54, 1.807) is 13.1 Å². The fraction of sp³-hybridized carbons (Fsp3) is 0.571. The van der Waals surface area contributed by atoms with Gasteiger partial charge in [-0.05, 0) is 93.7 Å². The van der Waals surface area contributed by atoms with Gasteiger partial charge in [-0.25, -0.2) is 8.78 Å². The predicted octanol–water partition coefficient (Wildman–Crippen LogP) is 3.06. The number of carbonyl (C=O) groups is 1. The number of aliphatic imine (C=N–C) groups is 1. The number of nitrogens with zero attached hydrogens (tertiary/aromatic N) is 2. The van der Waals surface area contributed by atoms with Crippen LogP contribution >= 0.6 is 0 Å². The Morgan fingerprint density at radius 1 is 1.21 bits per heavy atom. The quantitative estimate of drug-likeness (QED) is 0.192. The molecule has 1 atom stereocenters. The summed E-state index contributed by atoms with van der Waals surface area (Å²) >= 11 is 0. The van der Waals surface area contributed by atoms with Crippen molar-refractivity contribution in [2.24, 2.45) is 27.9 Å². The molecule has 1 aromatic carbocycles. The second-order valence-electron chi connectivity index (χ2n) is 8.92. The molecule has 1 unspecified atom stereocenters. The molecule has 1 aliphatic rings. The lowest BCUT2D eigenvalue weighted by Crippen LogP contribution is -2.37. The Morgan fingerprint density at radius 3 is 2.42 bits per heavy atom. The molecule has 0 fully saturated rings. The Morgan fingerprint density at radius 2 is 1.89 bits per heavy atom. The average molecular weight is 538 g/mol. The van der Waals surface area contributed by atoms with E-state index in [-0.39, 0.29) is 11.6 Å². The second kappa shape index (κ2) is 20.3. The molecule has 0 amide bonds. The fourth-order valence-electron chi connectivity index (χ4n) is 4.51. The van der Waals surface area contributed by atoms with Gasteiger partial charge in [-0.15, -0.1) is 0 Å². The van der Waals surface area contributed by atoms with E-state index in [0.29, 0.717) is 30.8 Å². The van der Waals surface area contributed by atoms with Gasteiger partial charge < -0.3 is 37.9 Å². The lowest BCUT2D eigenvalue weighted by Gasteiger charge is -2.32. The number of halogens is 2. The van der Waals surface area contributed by atoms with Gasteiger partial charge in [0.25, 0.3) is 6.43 Å². The molecule has 0 saturated heterocycles. The van der Waals surface area contributed by atoms with Gasteiger partial charge in [-0.2, -0.15) is 0 Å². The van der Waals surface area contributed by atoms with Crippen LogP contribution in [0, 0.1) is 0 Å². The summed E-state index contributed by atoms with van der Waals surface area (Å²) in [6, 6.07) is 3.81. The van der Waals surface area contributed by atoms with Gasteiger partial charge >= 0.3 is 0 Å². The van der Waals surface area contributed by atoms with E-state index in [9.17, 15) is 8.78 Å². The first-order valence-electron chi connectivity index (χ1n) is 13.1. The largest absolute Gasteiger partial charge is 0.404 e. The summed E-state index contributed by atoms with van der Waals surface area (Å²) in [4.78, 5) is 14.2. The van der Waals surface area contributed by atoms with E-state index < -0.39 is 6.43 Å². The van der Waals surface area contributed by atoms with Crippen molar-refractivity contribution >= 4 is 24.1 Å². The van der Waals surface area contributed by atoms with Crippen LogP contribution < -0.4 is 28.3 Å². The van der Waals surface area contributed by atoms with Crippen LogP contribution in [0.4, 0.5) is 8.78 Å². The Kier molecular flexibility index (Phi) is 18.9. The van der Waals surface area contributed by atoms with E-state index in [0.717, 1.165) is 67.5 Å². The number of carbonyl (C=O) groups excluding carboxylic acids is 1. The standard InChI is InChI=1S/C26H42F2N6.CH5N.CH2O/c1-4-20(8-11-30)33-25-9-12-34(3)17-24(25)22-14-23(26(27)28)21(19(15-31)16-32-2)13-18(22)7-5-6-10-29;2*1-2/h13-16,20,26,33H,4-12,17,29-31H2,1-3H3;2H2,1H3;1H2/b19-15+,32-16?;;. The van der Waals surface area contributed by atoms with Gasteiger partial charge in [-0.3, -0.25) is 4.99 Å². The summed E-state index contributed by atoms with van der Waals surface area (Å²) in [7, 11) is 5.17. The van der Waals surface area contributed by atoms with Crippen LogP contribution in [0.15, 0.2) is 29.0 Å². The van der Waals surface area contributed by atoms with Gasteiger partial charge in [0.15, 0.2) is 0 Å². The third-order valence-corrected chi connectivity index (χ3v) is 6.42. The molecule has 8 nitrogen and oxygen atoms in total. The van der Waals surface area contributed by atoms with Gasteiger partial charge in [-0.1, -0.05) is 6.92 Å². The minimum absolute atomic E-state index is 0.0248. The number of likely N-dealkylation sites (N-methyl/N-ethyl adjacent to an activating group) is 1. The predicted molar refractivity (Wildman–Crippen MR) is 157 cm³/mol. The molecule has 38 heavy (non-hydrogen) atoms. The maximum atomic E-state index is 14.3. The number of rotatable bonds is 13. The highest BCUT2D eigenvalue weighted by molar-refractivity contribution is 6.10. The summed E-state index contributed by atoms with van der Waals surface area (Å²) in [5, 5.41) is 3.70. The monoisotopic (exact) mass is 537 g/mol. The Labute approximate surface area is 227 Å². The van der Waals surface area contributed by atoms with Gasteiger partial charge in [0.05, 0.1) is 0 Å². The van der Waals surface area contributed by atoms with Crippen molar-refractivity contribution in [2.45, 2.75) is 57.9 Å². The molecule has 0 bridgehead atoms. The van der Waals surface area contributed by atoms with Gasteiger partial charge in [0, 0.05) is 61.8 Å². The molecular formula is C28H49F2N7O. The van der Waals surface area contributed by atoms with Gasteiger partial charge in [0.2, 0.25) is 0 Å². The highest BCUT2D eigenvalue weighted by Crippen LogP contribution is 2.36. The zero-order valence-corrected chi connectivity index (χ0v) is 23.6. The van der Waals surface area contributed by atoms with Crippen LogP contribution in [0.3, 0.4) is 0 Å². The molecule has 1 aliphatic heterocycles. The van der Waals surface area contributed by atoms with Crippen molar-refractivity contribution in [2.75, 3.05) is 47.3 Å². The molecule has 1 aromatic rings. The van der Waals surface area contributed by atoms with E-state index in [4.69, 9.17) is 22.0 Å². The topological polar surface area (TPSA) is 149 Å². The molecule has 2 rings (SSSR count). The zero-order valence-electron chi connectivity index (χ0n) is 23.6. The molecule has 1 heterocycles. The first-order valence-corrected chi connectivity index (χ1v) is 13.1. The first-order chi connectivity index (χ1) is 18.4. The van der Waals surface area contributed by atoms with E-state index in [1.165, 1.54) is 19.5 Å². The lowest BCUT2D eigenvalue weighted by molar-refractivity contribution is -0.0980. The number of nitrogens with one attached hydrogen (secondary N) is 1. The maximum absolute atomic E-state index is 14.3. The lowest BCUT2D eigenvalue weighted by atomic mass is 9.86. The summed E-state index contributed by atoms with van der Waals surface area (Å²) in [6.45, 7) is 6.96. The normalized spacial score (nSPS) is 15.2. The minimum atomic E-state index is -2.63. The number of hydrogen-bond acceptors (Lipinski definition) is 8.